The fraction of sp³-hybridized carbons (Fsp3) is 0.452. The van der Waals surface area contributed by atoms with Crippen molar-refractivity contribution in [1.82, 2.24) is 14.9 Å². The number of rotatable bonds is 9. The maximum absolute atomic E-state index is 13.5. The standard InChI is InChI=1S/C31H36N4O4S2/c32-21-24-11-4-6-14-29(24)41(38,39)35-16-7-12-25(15-17-35)33-31(37)27(18-22-8-1-2-9-22)34-30(36)20-26-19-23-10-3-5-13-28(23)40-26/h3-6,10-11,13-14,19,22,25,27H,1-2,7-9,12,15-18,20H2,(H,33,37)(H,34,36)/t25-,27+/m1/s1. The van der Waals surface area contributed by atoms with Crippen LogP contribution in [0.15, 0.2) is 59.5 Å². The molecule has 2 N–H and O–H groups in total. The minimum Gasteiger partial charge on any atom is -0.352 e. The van der Waals surface area contributed by atoms with Crippen LogP contribution in [0.3, 0.4) is 0 Å². The second kappa shape index (κ2) is 13.1. The van der Waals surface area contributed by atoms with Gasteiger partial charge in [-0.05, 0) is 61.3 Å². The van der Waals surface area contributed by atoms with Crippen LogP contribution in [0.4, 0.5) is 0 Å². The van der Waals surface area contributed by atoms with Gasteiger partial charge in [0.15, 0.2) is 0 Å². The van der Waals surface area contributed by atoms with E-state index in [-0.39, 0.29) is 41.3 Å². The molecule has 1 saturated heterocycles. The molecule has 1 aliphatic carbocycles. The van der Waals surface area contributed by atoms with Crippen LogP contribution in [-0.2, 0) is 26.0 Å². The first-order valence-electron chi connectivity index (χ1n) is 14.4. The second-order valence-electron chi connectivity index (χ2n) is 11.1. The zero-order chi connectivity index (χ0) is 28.8. The van der Waals surface area contributed by atoms with Crippen LogP contribution in [0.5, 0.6) is 0 Å². The fourth-order valence-corrected chi connectivity index (χ4v) is 8.72. The molecule has 3 aromatic rings. The fourth-order valence-electron chi connectivity index (χ4n) is 6.02. The number of amides is 2. The summed E-state index contributed by atoms with van der Waals surface area (Å²) in [5.41, 5.74) is 0.128. The van der Waals surface area contributed by atoms with E-state index in [0.29, 0.717) is 38.1 Å². The molecule has 8 nitrogen and oxygen atoms in total. The molecule has 0 unspecified atom stereocenters. The van der Waals surface area contributed by atoms with Crippen molar-refractivity contribution in [2.24, 2.45) is 5.92 Å². The van der Waals surface area contributed by atoms with Gasteiger partial charge in [0.05, 0.1) is 16.9 Å². The van der Waals surface area contributed by atoms with Crippen LogP contribution in [0, 0.1) is 17.2 Å². The summed E-state index contributed by atoms with van der Waals surface area (Å²) in [6.45, 7) is 0.574. The molecule has 2 amide bonds. The van der Waals surface area contributed by atoms with Gasteiger partial charge in [-0.25, -0.2) is 8.42 Å². The molecule has 2 atom stereocenters. The highest BCUT2D eigenvalue weighted by Crippen LogP contribution is 2.30. The molecule has 2 aliphatic rings. The Hall–Kier alpha value is -3.26. The Labute approximate surface area is 245 Å². The molecule has 2 fully saturated rings. The van der Waals surface area contributed by atoms with E-state index in [4.69, 9.17) is 0 Å². The number of fused-ring (bicyclic) bond motifs is 1. The maximum Gasteiger partial charge on any atom is 0.244 e. The molecule has 41 heavy (non-hydrogen) atoms. The van der Waals surface area contributed by atoms with Crippen molar-refractivity contribution in [2.45, 2.75) is 74.8 Å². The molecule has 0 radical (unpaired) electrons. The summed E-state index contributed by atoms with van der Waals surface area (Å²) in [5.74, 6) is 0.0482. The highest BCUT2D eigenvalue weighted by Gasteiger charge is 2.32. The third-order valence-electron chi connectivity index (χ3n) is 8.17. The van der Waals surface area contributed by atoms with Crippen LogP contribution in [0.2, 0.25) is 0 Å². The minimum atomic E-state index is -3.83. The molecule has 5 rings (SSSR count). The van der Waals surface area contributed by atoms with Crippen molar-refractivity contribution in [1.29, 1.82) is 5.26 Å². The number of nitrogens with one attached hydrogen (secondary N) is 2. The van der Waals surface area contributed by atoms with Crippen LogP contribution in [0.1, 0.15) is 61.8 Å². The van der Waals surface area contributed by atoms with Gasteiger partial charge in [0.2, 0.25) is 21.8 Å². The van der Waals surface area contributed by atoms with Crippen molar-refractivity contribution < 1.29 is 18.0 Å². The van der Waals surface area contributed by atoms with Gasteiger partial charge in [0, 0.05) is 28.7 Å². The number of nitrogens with zero attached hydrogens (tertiary/aromatic N) is 2. The number of thiophene rings is 1. The summed E-state index contributed by atoms with van der Waals surface area (Å²) in [6, 6.07) is 17.5. The van der Waals surface area contributed by atoms with E-state index < -0.39 is 16.1 Å². The SMILES string of the molecule is N#Cc1ccccc1S(=O)(=O)N1CCC[C@@H](NC(=O)[C@H](CC2CCCC2)NC(=O)Cc2cc3ccccc3s2)CC1. The Morgan fingerprint density at radius 1 is 1.00 bits per heavy atom. The molecule has 216 valence electrons. The first-order valence-corrected chi connectivity index (χ1v) is 16.7. The number of benzene rings is 2. The second-order valence-corrected chi connectivity index (χ2v) is 14.2. The number of carbonyl (C=O) groups is 2. The van der Waals surface area contributed by atoms with Crippen molar-refractivity contribution in [2.75, 3.05) is 13.1 Å². The van der Waals surface area contributed by atoms with E-state index in [1.807, 2.05) is 36.4 Å². The van der Waals surface area contributed by atoms with E-state index in [2.05, 4.69) is 10.6 Å². The topological polar surface area (TPSA) is 119 Å². The molecular weight excluding hydrogens is 556 g/mol. The van der Waals surface area contributed by atoms with E-state index in [9.17, 15) is 23.3 Å². The zero-order valence-corrected chi connectivity index (χ0v) is 24.7. The lowest BCUT2D eigenvalue weighted by Crippen LogP contribution is -2.50. The predicted octanol–water partition coefficient (Wildman–Crippen LogP) is 4.74. The average molecular weight is 593 g/mol. The monoisotopic (exact) mass is 592 g/mol. The third kappa shape index (κ3) is 7.15. The van der Waals surface area contributed by atoms with Crippen molar-refractivity contribution >= 4 is 43.3 Å². The molecule has 10 heteroatoms. The molecule has 1 saturated carbocycles. The van der Waals surface area contributed by atoms with Crippen molar-refractivity contribution in [3.63, 3.8) is 0 Å². The van der Waals surface area contributed by atoms with Gasteiger partial charge in [-0.2, -0.15) is 9.57 Å². The molecule has 1 aliphatic heterocycles. The van der Waals surface area contributed by atoms with E-state index >= 15 is 0 Å². The lowest BCUT2D eigenvalue weighted by Gasteiger charge is -2.25. The van der Waals surface area contributed by atoms with Crippen LogP contribution in [0.25, 0.3) is 10.1 Å². The first kappa shape index (κ1) is 29.2. The van der Waals surface area contributed by atoms with Gasteiger partial charge in [0.1, 0.15) is 12.1 Å². The van der Waals surface area contributed by atoms with Crippen LogP contribution in [-0.4, -0.2) is 49.7 Å². The highest BCUT2D eigenvalue weighted by atomic mass is 32.2. The van der Waals surface area contributed by atoms with Crippen molar-refractivity contribution in [3.05, 3.63) is 65.0 Å². The first-order chi connectivity index (χ1) is 19.8. The Bertz CT molecular complexity index is 1510. The summed E-state index contributed by atoms with van der Waals surface area (Å²) in [7, 11) is -3.83. The van der Waals surface area contributed by atoms with Crippen LogP contribution < -0.4 is 10.6 Å². The molecule has 0 bridgehead atoms. The quantitative estimate of drug-likeness (QED) is 0.372. The van der Waals surface area contributed by atoms with Gasteiger partial charge < -0.3 is 10.6 Å². The summed E-state index contributed by atoms with van der Waals surface area (Å²) in [4.78, 5) is 27.6. The number of carbonyl (C=O) groups excluding carboxylic acids is 2. The average Bonchev–Trinajstić information content (AvgIpc) is 3.56. The third-order valence-corrected chi connectivity index (χ3v) is 11.2. The zero-order valence-electron chi connectivity index (χ0n) is 23.1. The number of hydrogen-bond donors (Lipinski definition) is 2. The summed E-state index contributed by atoms with van der Waals surface area (Å²) in [5, 5.41) is 16.7. The summed E-state index contributed by atoms with van der Waals surface area (Å²) < 4.78 is 29.2. The Morgan fingerprint density at radius 2 is 1.76 bits per heavy atom. The van der Waals surface area contributed by atoms with Crippen LogP contribution >= 0.6 is 11.3 Å². The number of nitriles is 1. The van der Waals surface area contributed by atoms with Gasteiger partial charge in [-0.15, -0.1) is 11.3 Å². The Morgan fingerprint density at radius 3 is 2.54 bits per heavy atom. The van der Waals surface area contributed by atoms with Gasteiger partial charge in [-0.3, -0.25) is 9.59 Å². The minimum absolute atomic E-state index is 0.0166. The molecule has 2 heterocycles. The molecular formula is C31H36N4O4S2. The Kier molecular flexibility index (Phi) is 9.38. The van der Waals surface area contributed by atoms with E-state index in [1.165, 1.54) is 16.4 Å². The lowest BCUT2D eigenvalue weighted by molar-refractivity contribution is -0.129. The largest absolute Gasteiger partial charge is 0.352 e. The molecule has 1 aromatic heterocycles. The van der Waals surface area contributed by atoms with Gasteiger partial charge >= 0.3 is 0 Å². The number of hydrogen-bond acceptors (Lipinski definition) is 6. The van der Waals surface area contributed by atoms with E-state index in [0.717, 1.165) is 40.6 Å². The number of sulfonamides is 1. The summed E-state index contributed by atoms with van der Waals surface area (Å²) in [6.07, 6.45) is 6.97. The lowest BCUT2D eigenvalue weighted by atomic mass is 9.97. The molecule has 2 aromatic carbocycles. The Balaban J connectivity index is 1.22. The maximum atomic E-state index is 13.5. The predicted molar refractivity (Wildman–Crippen MR) is 160 cm³/mol. The smallest absolute Gasteiger partial charge is 0.244 e. The van der Waals surface area contributed by atoms with Crippen molar-refractivity contribution in [3.8, 4) is 6.07 Å². The summed E-state index contributed by atoms with van der Waals surface area (Å²) >= 11 is 1.59. The molecule has 0 spiro atoms. The van der Waals surface area contributed by atoms with Gasteiger partial charge in [0.25, 0.3) is 0 Å². The normalized spacial score (nSPS) is 19.3. The van der Waals surface area contributed by atoms with Gasteiger partial charge in [-0.1, -0.05) is 56.0 Å². The highest BCUT2D eigenvalue weighted by molar-refractivity contribution is 7.89. The van der Waals surface area contributed by atoms with E-state index in [1.54, 1.807) is 23.5 Å².